The lowest BCUT2D eigenvalue weighted by molar-refractivity contribution is -0.111. The number of nitrogens with zero attached hydrogens (tertiary/aromatic N) is 6. The number of likely N-dealkylation sites (N-methyl/N-ethyl adjacent to an activating group) is 1. The number of anilines is 4. The van der Waals surface area contributed by atoms with E-state index in [2.05, 4.69) is 84.1 Å². The molecule has 0 atom stereocenters. The van der Waals surface area contributed by atoms with E-state index in [1.54, 1.807) is 23.8 Å². The molecule has 4 aromatic rings. The molecule has 2 aromatic heterocycles. The fraction of sp³-hybridized carbons (Fsp3) is 0.310. The van der Waals surface area contributed by atoms with Crippen LogP contribution < -0.4 is 26.0 Å². The summed E-state index contributed by atoms with van der Waals surface area (Å²) in [5.41, 5.74) is 3.50. The van der Waals surface area contributed by atoms with E-state index in [9.17, 15) is 14.0 Å². The second-order valence-electron chi connectivity index (χ2n) is 13.8. The van der Waals surface area contributed by atoms with Crippen LogP contribution in [-0.2, 0) is 17.8 Å². The predicted octanol–water partition coefficient (Wildman–Crippen LogP) is -2.70. The topological polar surface area (TPSA) is 110 Å². The van der Waals surface area contributed by atoms with Gasteiger partial charge in [0.1, 0.15) is 64.5 Å². The molecule has 0 unspecified atom stereocenters. The summed E-state index contributed by atoms with van der Waals surface area (Å²) in [5.74, 6) is 0.217. The van der Waals surface area contributed by atoms with Crippen LogP contribution in [0.3, 0.4) is 0 Å². The number of imidazole rings is 1. The molecule has 0 aliphatic carbocycles. The summed E-state index contributed by atoms with van der Waals surface area (Å²) in [7, 11) is 16.8. The van der Waals surface area contributed by atoms with Gasteiger partial charge in [0.25, 0.3) is 0 Å². The number of ether oxygens (including phenoxy) is 1. The molecule has 1 amide bonds. The van der Waals surface area contributed by atoms with E-state index in [1.165, 1.54) is 29.0 Å². The average molecular weight is 632 g/mol. The highest BCUT2D eigenvalue weighted by Gasteiger charge is 2.31. The first kappa shape index (κ1) is 34.0. The zero-order valence-electron chi connectivity index (χ0n) is 28.6. The molecule has 3 heterocycles. The van der Waals surface area contributed by atoms with Crippen molar-refractivity contribution in [2.45, 2.75) is 29.9 Å². The summed E-state index contributed by atoms with van der Waals surface area (Å²) in [5, 5.41) is 6.02. The number of halogens is 1. The van der Waals surface area contributed by atoms with Gasteiger partial charge in [0.05, 0.1) is 35.2 Å². The largest absolute Gasteiger partial charge is 0.494 e. The van der Waals surface area contributed by atoms with Gasteiger partial charge < -0.3 is 25.2 Å². The number of benzene rings is 2. The van der Waals surface area contributed by atoms with E-state index < -0.39 is 5.82 Å². The Morgan fingerprint density at radius 1 is 1.13 bits per heavy atom. The summed E-state index contributed by atoms with van der Waals surface area (Å²) < 4.78 is 23.5. The number of hydrogen-bond acceptors (Lipinski definition) is 8. The van der Waals surface area contributed by atoms with Gasteiger partial charge in [0, 0.05) is 51.1 Å². The average Bonchev–Trinajstić information content (AvgIpc) is 3.27. The number of aryl methyl sites for hydroxylation is 2. The second kappa shape index (κ2) is 13.1. The first-order chi connectivity index (χ1) is 22.1. The lowest BCUT2D eigenvalue weighted by Gasteiger charge is -2.47. The molecule has 11 nitrogen and oxygen atoms in total. The van der Waals surface area contributed by atoms with Gasteiger partial charge in [-0.05, 0) is 36.6 Å². The third-order valence-corrected chi connectivity index (χ3v) is 8.46. The van der Waals surface area contributed by atoms with E-state index >= 15 is 0 Å². The second-order valence-corrected chi connectivity index (χ2v) is 13.8. The molecule has 0 fully saturated rings. The maximum Gasteiger partial charge on any atom is 0.334 e. The van der Waals surface area contributed by atoms with Gasteiger partial charge in [-0.15, -0.1) is 0 Å². The Morgan fingerprint density at radius 2 is 1.85 bits per heavy atom. The van der Waals surface area contributed by atoms with Crippen molar-refractivity contribution in [2.24, 2.45) is 0 Å². The number of amides is 1. The summed E-state index contributed by atoms with van der Waals surface area (Å²) in [6.45, 7) is 5.63. The molecule has 0 saturated heterocycles. The van der Waals surface area contributed by atoms with Gasteiger partial charge in [-0.2, -0.15) is 4.98 Å². The molecule has 1 aliphatic heterocycles. The van der Waals surface area contributed by atoms with Gasteiger partial charge in [-0.25, -0.2) is 18.7 Å². The Balaban J connectivity index is 1.51. The van der Waals surface area contributed by atoms with Crippen LogP contribution in [0.4, 0.5) is 27.4 Å². The fourth-order valence-electron chi connectivity index (χ4n) is 6.63. The lowest BCUT2D eigenvalue weighted by atomic mass is 9.40. The Kier molecular flexibility index (Phi) is 9.45. The first-order valence-electron chi connectivity index (χ1n) is 15.8. The maximum absolute atomic E-state index is 14.6. The van der Waals surface area contributed by atoms with Gasteiger partial charge in [-0.1, -0.05) is 17.1 Å². The van der Waals surface area contributed by atoms with Gasteiger partial charge in [-0.3, -0.25) is 9.36 Å². The van der Waals surface area contributed by atoms with Gasteiger partial charge in [0.2, 0.25) is 11.9 Å². The van der Waals surface area contributed by atoms with Crippen LogP contribution in [0.5, 0.6) is 5.75 Å². The number of aromatic nitrogens is 4. The fourth-order valence-corrected chi connectivity index (χ4v) is 6.63. The Morgan fingerprint density at radius 3 is 2.51 bits per heavy atom. The molecule has 0 radical (unpaired) electrons. The zero-order valence-corrected chi connectivity index (χ0v) is 28.6. The van der Waals surface area contributed by atoms with Crippen molar-refractivity contribution in [3.05, 3.63) is 71.0 Å². The summed E-state index contributed by atoms with van der Waals surface area (Å²) in [6.07, 6.45) is 4.21. The number of rotatable bonds is 12. The predicted molar refractivity (Wildman–Crippen MR) is 203 cm³/mol. The zero-order chi connectivity index (χ0) is 34.3. The molecule has 0 bridgehead atoms. The Hall–Kier alpha value is -4.32. The van der Waals surface area contributed by atoms with Crippen molar-refractivity contribution in [2.75, 3.05) is 42.8 Å². The van der Waals surface area contributed by atoms with E-state index in [4.69, 9.17) is 4.74 Å². The Labute approximate surface area is 279 Å². The quantitative estimate of drug-likeness (QED) is 0.129. The molecule has 2 N–H and O–H groups in total. The van der Waals surface area contributed by atoms with Crippen molar-refractivity contribution in [1.29, 1.82) is 0 Å². The van der Waals surface area contributed by atoms with Crippen LogP contribution in [0.1, 0.15) is 12.0 Å². The molecule has 5 rings (SSSR count). The van der Waals surface area contributed by atoms with E-state index in [-0.39, 0.29) is 28.0 Å². The number of carbonyl (C=O) groups excluding carboxylic acids is 1. The third kappa shape index (κ3) is 7.02. The van der Waals surface area contributed by atoms with Crippen LogP contribution in [0, 0.1) is 5.82 Å². The molecule has 47 heavy (non-hydrogen) atoms. The minimum Gasteiger partial charge on any atom is -0.494 e. The third-order valence-electron chi connectivity index (χ3n) is 8.46. The van der Waals surface area contributed by atoms with Crippen molar-refractivity contribution in [3.63, 3.8) is 0 Å². The highest BCUT2D eigenvalue weighted by Crippen LogP contribution is 2.38. The monoisotopic (exact) mass is 632 g/mol. The van der Waals surface area contributed by atoms with Crippen LogP contribution >= 0.6 is 0 Å². The molecule has 2 aromatic carbocycles. The van der Waals surface area contributed by atoms with Crippen LogP contribution in [0.15, 0.2) is 54.0 Å². The number of methoxy groups -OCH3 is 1. The molecular formula is C29H39B6FN8O3. The Bertz CT molecular complexity index is 1890. The van der Waals surface area contributed by atoms with Crippen molar-refractivity contribution in [1.82, 2.24) is 24.0 Å². The molecule has 1 aliphatic rings. The molecule has 18 heteroatoms. The summed E-state index contributed by atoms with van der Waals surface area (Å²) >= 11 is 0. The van der Waals surface area contributed by atoms with E-state index in [1.807, 2.05) is 13.1 Å². The van der Waals surface area contributed by atoms with Crippen LogP contribution in [0.2, 0.25) is 0 Å². The standard InChI is InChI=1S/C29H39B6FN8O3/c1-4-24(45)38-18-14-19(22(47-3)15-20(18)41(2)10-11-43(28(30,31)32)29(33,34)35)39-26-37-8-7-23(40-26)44-21-13-17(36)12-16-6-5-9-42(25(16)21)27(44)46/h4,7-8,12-15H,1,5-6,9-11,30-35H2,2-3H3,(H,38,45)(H,37,39,40). The van der Waals surface area contributed by atoms with Gasteiger partial charge >= 0.3 is 5.69 Å². The molecule has 0 spiro atoms. The lowest BCUT2D eigenvalue weighted by Crippen LogP contribution is -2.64. The molecular weight excluding hydrogens is 592 g/mol. The van der Waals surface area contributed by atoms with E-state index in [0.717, 1.165) is 29.7 Å². The molecule has 238 valence electrons. The van der Waals surface area contributed by atoms with Crippen LogP contribution in [-0.4, -0.2) is 115 Å². The van der Waals surface area contributed by atoms with Crippen molar-refractivity contribution >= 4 is 87.0 Å². The number of nitrogens with one attached hydrogen (secondary N) is 2. The number of hydrogen-bond donors (Lipinski definition) is 2. The van der Waals surface area contributed by atoms with Crippen LogP contribution in [0.25, 0.3) is 16.9 Å². The maximum atomic E-state index is 14.6. The minimum atomic E-state index is -0.402. The van der Waals surface area contributed by atoms with E-state index in [0.29, 0.717) is 48.0 Å². The first-order valence-corrected chi connectivity index (χ1v) is 15.8. The summed E-state index contributed by atoms with van der Waals surface area (Å²) in [6, 6.07) is 8.08. The SMILES string of the molecule is BC(B)(B)N(CCN(C)c1cc(OC)c(Nc2nccc(-n3c(=O)n4c5c(cc(F)cc53)CCC4)n2)cc1NC(=O)C=C)C(B)(B)B. The van der Waals surface area contributed by atoms with Gasteiger partial charge in [0.15, 0.2) is 0 Å². The highest BCUT2D eigenvalue weighted by molar-refractivity contribution is 6.63. The van der Waals surface area contributed by atoms with Crippen molar-refractivity contribution in [3.8, 4) is 11.6 Å². The normalized spacial score (nSPS) is 13.0. The molecule has 0 saturated carbocycles. The van der Waals surface area contributed by atoms with Crippen molar-refractivity contribution < 1.29 is 13.9 Å². The highest BCUT2D eigenvalue weighted by atomic mass is 19.1. The minimum absolute atomic E-state index is 0.0499. The smallest absolute Gasteiger partial charge is 0.334 e. The number of carbonyl (C=O) groups is 1. The summed E-state index contributed by atoms with van der Waals surface area (Å²) in [4.78, 5) is 39.6.